The zero-order valence-electron chi connectivity index (χ0n) is 13.5. The molecule has 0 bridgehead atoms. The van der Waals surface area contributed by atoms with Crippen molar-refractivity contribution in [3.63, 3.8) is 0 Å². The first kappa shape index (κ1) is 16.1. The highest BCUT2D eigenvalue weighted by Crippen LogP contribution is 2.18. The van der Waals surface area contributed by atoms with Crippen LogP contribution in [0.1, 0.15) is 57.4 Å². The summed E-state index contributed by atoms with van der Waals surface area (Å²) in [6.45, 7) is 7.98. The van der Waals surface area contributed by atoms with Gasteiger partial charge in [-0.25, -0.2) is 0 Å². The molecule has 1 amide bonds. The molecule has 118 valence electrons. The van der Waals surface area contributed by atoms with Crippen molar-refractivity contribution in [1.29, 1.82) is 0 Å². The van der Waals surface area contributed by atoms with E-state index in [4.69, 9.17) is 4.52 Å². The van der Waals surface area contributed by atoms with Gasteiger partial charge in [-0.15, -0.1) is 0 Å². The van der Waals surface area contributed by atoms with Crippen LogP contribution in [0, 0.1) is 0 Å². The van der Waals surface area contributed by atoms with E-state index in [1.807, 2.05) is 39.8 Å². The van der Waals surface area contributed by atoms with E-state index in [9.17, 15) is 4.79 Å². The Morgan fingerprint density at radius 1 is 1.41 bits per heavy atom. The third-order valence-electron chi connectivity index (χ3n) is 3.27. The molecular formula is C16H22N4O2. The Balaban J connectivity index is 1.84. The topological polar surface area (TPSA) is 80.9 Å². The Bertz CT molecular complexity index is 617. The van der Waals surface area contributed by atoms with E-state index in [2.05, 4.69) is 20.4 Å². The van der Waals surface area contributed by atoms with Crippen LogP contribution in [-0.2, 0) is 16.6 Å². The minimum atomic E-state index is -0.154. The fraction of sp³-hybridized carbons (Fsp3) is 0.500. The van der Waals surface area contributed by atoms with E-state index in [0.29, 0.717) is 24.6 Å². The van der Waals surface area contributed by atoms with Crippen LogP contribution >= 0.6 is 0 Å². The van der Waals surface area contributed by atoms with Crippen molar-refractivity contribution >= 4 is 5.91 Å². The number of aryl methyl sites for hydroxylation is 1. The second-order valence-corrected chi connectivity index (χ2v) is 6.34. The molecule has 0 saturated carbocycles. The van der Waals surface area contributed by atoms with Crippen molar-refractivity contribution in [2.24, 2.45) is 0 Å². The van der Waals surface area contributed by atoms with E-state index < -0.39 is 0 Å². The number of hydrogen-bond donors (Lipinski definition) is 1. The average molecular weight is 302 g/mol. The van der Waals surface area contributed by atoms with Gasteiger partial charge in [0.05, 0.1) is 6.04 Å². The highest BCUT2D eigenvalue weighted by molar-refractivity contribution is 5.76. The predicted octanol–water partition coefficient (Wildman–Crippen LogP) is 2.57. The van der Waals surface area contributed by atoms with Crippen molar-refractivity contribution in [3.8, 4) is 0 Å². The maximum Gasteiger partial charge on any atom is 0.227 e. The predicted molar refractivity (Wildman–Crippen MR) is 82.1 cm³/mol. The number of carbonyl (C=O) groups excluding carboxylic acids is 1. The Hall–Kier alpha value is -2.24. The average Bonchev–Trinajstić information content (AvgIpc) is 2.95. The van der Waals surface area contributed by atoms with Crippen LogP contribution in [0.25, 0.3) is 0 Å². The van der Waals surface area contributed by atoms with Crippen LogP contribution < -0.4 is 5.32 Å². The summed E-state index contributed by atoms with van der Waals surface area (Å²) >= 11 is 0. The molecule has 0 unspecified atom stereocenters. The molecule has 6 nitrogen and oxygen atoms in total. The summed E-state index contributed by atoms with van der Waals surface area (Å²) in [5.41, 5.74) is 0.822. The van der Waals surface area contributed by atoms with E-state index in [-0.39, 0.29) is 17.4 Å². The van der Waals surface area contributed by atoms with E-state index in [1.54, 1.807) is 12.4 Å². The summed E-state index contributed by atoms with van der Waals surface area (Å²) in [6, 6.07) is 3.71. The minimum Gasteiger partial charge on any atom is -0.350 e. The van der Waals surface area contributed by atoms with Gasteiger partial charge in [0.15, 0.2) is 5.82 Å². The smallest absolute Gasteiger partial charge is 0.227 e. The molecule has 1 atom stereocenters. The fourth-order valence-corrected chi connectivity index (χ4v) is 1.91. The van der Waals surface area contributed by atoms with Gasteiger partial charge in [0.25, 0.3) is 0 Å². The molecule has 6 heteroatoms. The van der Waals surface area contributed by atoms with Crippen molar-refractivity contribution in [3.05, 3.63) is 41.8 Å². The maximum absolute atomic E-state index is 12.0. The lowest BCUT2D eigenvalue weighted by Gasteiger charge is -2.13. The van der Waals surface area contributed by atoms with Gasteiger partial charge >= 0.3 is 0 Å². The van der Waals surface area contributed by atoms with Gasteiger partial charge in [-0.2, -0.15) is 4.98 Å². The molecule has 1 N–H and O–H groups in total. The number of rotatable bonds is 5. The molecule has 0 aliphatic heterocycles. The molecule has 2 aromatic heterocycles. The quantitative estimate of drug-likeness (QED) is 0.918. The summed E-state index contributed by atoms with van der Waals surface area (Å²) in [4.78, 5) is 20.4. The van der Waals surface area contributed by atoms with E-state index in [0.717, 1.165) is 5.56 Å². The van der Waals surface area contributed by atoms with Crippen LogP contribution in [0.5, 0.6) is 0 Å². The zero-order chi connectivity index (χ0) is 16.2. The van der Waals surface area contributed by atoms with Gasteiger partial charge in [0.1, 0.15) is 0 Å². The summed E-state index contributed by atoms with van der Waals surface area (Å²) in [5.74, 6) is 1.10. The molecule has 2 heterocycles. The van der Waals surface area contributed by atoms with Crippen LogP contribution in [0.15, 0.2) is 29.0 Å². The van der Waals surface area contributed by atoms with Gasteiger partial charge in [-0.3, -0.25) is 9.78 Å². The molecule has 2 aromatic rings. The first-order chi connectivity index (χ1) is 10.4. The summed E-state index contributed by atoms with van der Waals surface area (Å²) in [6.07, 6.45) is 4.21. The van der Waals surface area contributed by atoms with Crippen molar-refractivity contribution < 1.29 is 9.32 Å². The lowest BCUT2D eigenvalue weighted by molar-refractivity contribution is -0.121. The highest BCUT2D eigenvalue weighted by atomic mass is 16.5. The number of hydrogen-bond acceptors (Lipinski definition) is 5. The molecule has 0 aromatic carbocycles. The number of nitrogens with one attached hydrogen (secondary N) is 1. The van der Waals surface area contributed by atoms with Crippen LogP contribution in [0.4, 0.5) is 0 Å². The second-order valence-electron chi connectivity index (χ2n) is 6.34. The standard InChI is InChI=1S/C16H22N4O2/c1-11(12-6-5-9-17-10-12)18-13(21)7-8-14-19-15(20-22-14)16(2,3)4/h5-6,9-11H,7-8H2,1-4H3,(H,18,21)/t11-/m0/s1. The van der Waals surface area contributed by atoms with Gasteiger partial charge < -0.3 is 9.84 Å². The Labute approximate surface area is 130 Å². The maximum atomic E-state index is 12.0. The second kappa shape index (κ2) is 6.68. The van der Waals surface area contributed by atoms with Crippen LogP contribution in [0.3, 0.4) is 0 Å². The normalized spacial score (nSPS) is 12.9. The molecule has 0 spiro atoms. The highest BCUT2D eigenvalue weighted by Gasteiger charge is 2.21. The number of aromatic nitrogens is 3. The van der Waals surface area contributed by atoms with Crippen LogP contribution in [-0.4, -0.2) is 21.0 Å². The molecule has 0 aliphatic rings. The molecule has 22 heavy (non-hydrogen) atoms. The molecular weight excluding hydrogens is 280 g/mol. The fourth-order valence-electron chi connectivity index (χ4n) is 1.91. The van der Waals surface area contributed by atoms with E-state index >= 15 is 0 Å². The number of amides is 1. The molecule has 0 radical (unpaired) electrons. The summed E-state index contributed by atoms with van der Waals surface area (Å²) < 4.78 is 5.18. The van der Waals surface area contributed by atoms with Gasteiger partial charge in [0.2, 0.25) is 11.8 Å². The largest absolute Gasteiger partial charge is 0.350 e. The number of nitrogens with zero attached hydrogens (tertiary/aromatic N) is 3. The Morgan fingerprint density at radius 2 is 2.18 bits per heavy atom. The van der Waals surface area contributed by atoms with Crippen molar-refractivity contribution in [1.82, 2.24) is 20.4 Å². The van der Waals surface area contributed by atoms with Crippen molar-refractivity contribution in [2.75, 3.05) is 0 Å². The molecule has 0 fully saturated rings. The molecule has 2 rings (SSSR count). The first-order valence-electron chi connectivity index (χ1n) is 7.38. The number of pyridine rings is 1. The van der Waals surface area contributed by atoms with E-state index in [1.165, 1.54) is 0 Å². The SMILES string of the molecule is C[C@H](NC(=O)CCc1nc(C(C)(C)C)no1)c1cccnc1. The third-order valence-corrected chi connectivity index (χ3v) is 3.27. The first-order valence-corrected chi connectivity index (χ1v) is 7.38. The Kier molecular flexibility index (Phi) is 4.90. The monoisotopic (exact) mass is 302 g/mol. The van der Waals surface area contributed by atoms with Gasteiger partial charge in [-0.05, 0) is 18.6 Å². The van der Waals surface area contributed by atoms with Gasteiger partial charge in [0, 0.05) is 30.7 Å². The summed E-state index contributed by atoms with van der Waals surface area (Å²) in [5, 5.41) is 6.88. The molecule has 0 aliphatic carbocycles. The lowest BCUT2D eigenvalue weighted by Crippen LogP contribution is -2.26. The van der Waals surface area contributed by atoms with Gasteiger partial charge in [-0.1, -0.05) is 32.0 Å². The zero-order valence-corrected chi connectivity index (χ0v) is 13.5. The van der Waals surface area contributed by atoms with Crippen molar-refractivity contribution in [2.45, 2.75) is 52.0 Å². The number of carbonyl (C=O) groups is 1. The Morgan fingerprint density at radius 3 is 2.77 bits per heavy atom. The lowest BCUT2D eigenvalue weighted by atomic mass is 9.96. The van der Waals surface area contributed by atoms with Crippen LogP contribution in [0.2, 0.25) is 0 Å². The molecule has 0 saturated heterocycles. The third kappa shape index (κ3) is 4.38. The minimum absolute atomic E-state index is 0.0492. The summed E-state index contributed by atoms with van der Waals surface area (Å²) in [7, 11) is 0.